The second kappa shape index (κ2) is 8.48. The predicted octanol–water partition coefficient (Wildman–Crippen LogP) is 3.68. The van der Waals surface area contributed by atoms with Crippen LogP contribution in [-0.2, 0) is 11.2 Å². The second-order valence-electron chi connectivity index (χ2n) is 7.70. The minimum Gasteiger partial charge on any atom is -0.389 e. The molecule has 0 aromatic heterocycles. The lowest BCUT2D eigenvalue weighted by atomic mass is 10.0. The average Bonchev–Trinajstić information content (AvgIpc) is 2.68. The number of β-amino-alcohol motifs (C(OH)–C–C–N with tert-alkyl or cyclic N) is 1. The van der Waals surface area contributed by atoms with E-state index in [0.717, 1.165) is 6.42 Å². The van der Waals surface area contributed by atoms with Gasteiger partial charge < -0.3 is 9.84 Å². The summed E-state index contributed by atoms with van der Waals surface area (Å²) in [5.41, 5.74) is 1.60. The number of rotatable bonds is 7. The molecule has 4 heteroatoms. The third kappa shape index (κ3) is 5.75. The van der Waals surface area contributed by atoms with Gasteiger partial charge in [0.2, 0.25) is 0 Å². The normalized spacial score (nSPS) is 20.9. The number of hydrogen-bond acceptors (Lipinski definition) is 3. The Kier molecular flexibility index (Phi) is 7.53. The van der Waals surface area contributed by atoms with Gasteiger partial charge in [0, 0.05) is 17.6 Å². The second-order valence-corrected chi connectivity index (χ2v) is 7.70. The average molecular weight is 342 g/mol. The molecule has 23 heavy (non-hydrogen) atoms. The van der Waals surface area contributed by atoms with E-state index in [1.807, 2.05) is 18.2 Å². The summed E-state index contributed by atoms with van der Waals surface area (Å²) in [5, 5.41) is 10.3. The quantitative estimate of drug-likeness (QED) is 0.768. The van der Waals surface area contributed by atoms with Crippen molar-refractivity contribution in [3.05, 3.63) is 35.9 Å². The molecule has 1 aliphatic heterocycles. The zero-order valence-corrected chi connectivity index (χ0v) is 15.7. The first-order valence-corrected chi connectivity index (χ1v) is 8.39. The molecule has 1 aromatic carbocycles. The molecule has 1 saturated heterocycles. The van der Waals surface area contributed by atoms with Crippen molar-refractivity contribution in [2.24, 2.45) is 0 Å². The first-order chi connectivity index (χ1) is 10.3. The first kappa shape index (κ1) is 20.4. The van der Waals surface area contributed by atoms with Crippen LogP contribution in [0.15, 0.2) is 30.3 Å². The molecule has 132 valence electrons. The lowest BCUT2D eigenvalue weighted by molar-refractivity contribution is -0.0189. The fourth-order valence-corrected chi connectivity index (χ4v) is 3.51. The molecule has 1 unspecified atom stereocenters. The van der Waals surface area contributed by atoms with Gasteiger partial charge in [-0.3, -0.25) is 4.90 Å². The molecule has 1 atom stereocenters. The van der Waals surface area contributed by atoms with Crippen molar-refractivity contribution < 1.29 is 9.84 Å². The summed E-state index contributed by atoms with van der Waals surface area (Å²) in [7, 11) is 0. The molecule has 1 aromatic rings. The van der Waals surface area contributed by atoms with E-state index in [2.05, 4.69) is 44.7 Å². The van der Waals surface area contributed by atoms with Gasteiger partial charge in [-0.25, -0.2) is 0 Å². The van der Waals surface area contributed by atoms with E-state index in [9.17, 15) is 5.11 Å². The SMILES string of the molecule is CC1(C)CCC(C)(C)N1CC(O)COCCc1ccccc1.Cl. The van der Waals surface area contributed by atoms with Gasteiger partial charge in [-0.1, -0.05) is 30.3 Å². The van der Waals surface area contributed by atoms with Crippen molar-refractivity contribution >= 4 is 12.4 Å². The van der Waals surface area contributed by atoms with Gasteiger partial charge in [0.05, 0.1) is 19.3 Å². The minimum atomic E-state index is -0.424. The number of ether oxygens (including phenoxy) is 1. The van der Waals surface area contributed by atoms with Gasteiger partial charge in [-0.05, 0) is 52.5 Å². The van der Waals surface area contributed by atoms with Crippen LogP contribution in [0.3, 0.4) is 0 Å². The Labute approximate surface area is 147 Å². The van der Waals surface area contributed by atoms with E-state index in [0.29, 0.717) is 19.8 Å². The third-order valence-electron chi connectivity index (χ3n) is 4.89. The fraction of sp³-hybridized carbons (Fsp3) is 0.684. The number of nitrogens with zero attached hydrogens (tertiary/aromatic N) is 1. The number of hydrogen-bond donors (Lipinski definition) is 1. The summed E-state index contributed by atoms with van der Waals surface area (Å²) < 4.78 is 5.67. The zero-order valence-electron chi connectivity index (χ0n) is 14.9. The molecule has 1 N–H and O–H groups in total. The maximum atomic E-state index is 10.3. The molecule has 0 bridgehead atoms. The van der Waals surface area contributed by atoms with Gasteiger partial charge in [-0.15, -0.1) is 12.4 Å². The number of aliphatic hydroxyl groups excluding tert-OH is 1. The maximum absolute atomic E-state index is 10.3. The van der Waals surface area contributed by atoms with Crippen molar-refractivity contribution in [1.82, 2.24) is 4.90 Å². The van der Waals surface area contributed by atoms with Crippen molar-refractivity contribution in [3.63, 3.8) is 0 Å². The minimum absolute atomic E-state index is 0. The van der Waals surface area contributed by atoms with Crippen LogP contribution >= 0.6 is 12.4 Å². The first-order valence-electron chi connectivity index (χ1n) is 8.39. The molecule has 0 radical (unpaired) electrons. The van der Waals surface area contributed by atoms with Crippen molar-refractivity contribution in [2.45, 2.75) is 64.1 Å². The van der Waals surface area contributed by atoms with Gasteiger partial charge in [-0.2, -0.15) is 0 Å². The molecular formula is C19H32ClNO2. The molecule has 0 saturated carbocycles. The Morgan fingerprint density at radius 3 is 2.22 bits per heavy atom. The molecule has 1 fully saturated rings. The highest BCUT2D eigenvalue weighted by Gasteiger charge is 2.44. The van der Waals surface area contributed by atoms with E-state index in [-0.39, 0.29) is 23.5 Å². The summed E-state index contributed by atoms with van der Waals surface area (Å²) in [6.07, 6.45) is 2.84. The van der Waals surface area contributed by atoms with Crippen LogP contribution in [0.1, 0.15) is 46.1 Å². The summed E-state index contributed by atoms with van der Waals surface area (Å²) in [6.45, 7) is 10.8. The standard InChI is InChI=1S/C19H31NO2.ClH/c1-18(2)11-12-19(3,4)20(18)14-17(21)15-22-13-10-16-8-6-5-7-9-16;/h5-9,17,21H,10-15H2,1-4H3;1H. The third-order valence-corrected chi connectivity index (χ3v) is 4.89. The van der Waals surface area contributed by atoms with Crippen LogP contribution in [0.2, 0.25) is 0 Å². The molecular weight excluding hydrogens is 310 g/mol. The van der Waals surface area contributed by atoms with E-state index < -0.39 is 6.10 Å². The molecule has 0 aliphatic carbocycles. The Morgan fingerprint density at radius 2 is 1.65 bits per heavy atom. The summed E-state index contributed by atoms with van der Waals surface area (Å²) in [4.78, 5) is 2.44. The van der Waals surface area contributed by atoms with Crippen LogP contribution in [0.4, 0.5) is 0 Å². The molecule has 1 heterocycles. The zero-order chi connectivity index (χ0) is 16.2. The number of likely N-dealkylation sites (tertiary alicyclic amines) is 1. The summed E-state index contributed by atoms with van der Waals surface area (Å²) >= 11 is 0. The van der Waals surface area contributed by atoms with Crippen LogP contribution < -0.4 is 0 Å². The lowest BCUT2D eigenvalue weighted by Crippen LogP contribution is -2.52. The van der Waals surface area contributed by atoms with E-state index in [4.69, 9.17) is 4.74 Å². The highest BCUT2D eigenvalue weighted by atomic mass is 35.5. The lowest BCUT2D eigenvalue weighted by Gasteiger charge is -2.41. The number of benzene rings is 1. The predicted molar refractivity (Wildman–Crippen MR) is 98.3 cm³/mol. The van der Waals surface area contributed by atoms with Crippen LogP contribution in [0, 0.1) is 0 Å². The number of halogens is 1. The van der Waals surface area contributed by atoms with E-state index in [1.54, 1.807) is 0 Å². The van der Waals surface area contributed by atoms with Gasteiger partial charge in [0.15, 0.2) is 0 Å². The Hall–Kier alpha value is -0.610. The number of aliphatic hydroxyl groups is 1. The van der Waals surface area contributed by atoms with Gasteiger partial charge in [0.1, 0.15) is 0 Å². The highest BCUT2D eigenvalue weighted by molar-refractivity contribution is 5.85. The summed E-state index contributed by atoms with van der Waals surface area (Å²) in [5.74, 6) is 0. The molecule has 0 spiro atoms. The van der Waals surface area contributed by atoms with Gasteiger partial charge in [0.25, 0.3) is 0 Å². The molecule has 3 nitrogen and oxygen atoms in total. The van der Waals surface area contributed by atoms with Gasteiger partial charge >= 0.3 is 0 Å². The Bertz CT molecular complexity index is 446. The molecule has 0 amide bonds. The Morgan fingerprint density at radius 1 is 1.09 bits per heavy atom. The van der Waals surface area contributed by atoms with Crippen LogP contribution in [0.25, 0.3) is 0 Å². The van der Waals surface area contributed by atoms with Crippen molar-refractivity contribution in [2.75, 3.05) is 19.8 Å². The van der Waals surface area contributed by atoms with E-state index in [1.165, 1.54) is 18.4 Å². The Balaban J connectivity index is 0.00000264. The highest BCUT2D eigenvalue weighted by Crippen LogP contribution is 2.40. The maximum Gasteiger partial charge on any atom is 0.0900 e. The molecule has 2 rings (SSSR count). The van der Waals surface area contributed by atoms with Crippen molar-refractivity contribution in [3.8, 4) is 0 Å². The van der Waals surface area contributed by atoms with Crippen LogP contribution in [-0.4, -0.2) is 46.9 Å². The van der Waals surface area contributed by atoms with E-state index >= 15 is 0 Å². The fourth-order valence-electron chi connectivity index (χ4n) is 3.51. The van der Waals surface area contributed by atoms with Crippen molar-refractivity contribution in [1.29, 1.82) is 0 Å². The monoisotopic (exact) mass is 341 g/mol. The summed E-state index contributed by atoms with van der Waals surface area (Å²) in [6, 6.07) is 10.3. The van der Waals surface area contributed by atoms with Crippen LogP contribution in [0.5, 0.6) is 0 Å². The topological polar surface area (TPSA) is 32.7 Å². The largest absolute Gasteiger partial charge is 0.389 e. The molecule has 1 aliphatic rings. The smallest absolute Gasteiger partial charge is 0.0900 e.